The van der Waals surface area contributed by atoms with E-state index in [0.717, 1.165) is 44.6 Å². The molecule has 0 saturated carbocycles. The molecule has 1 atom stereocenters. The van der Waals surface area contributed by atoms with Crippen LogP contribution in [0.25, 0.3) is 11.4 Å². The fourth-order valence-corrected chi connectivity index (χ4v) is 3.38. The molecule has 2 N–H and O–H groups in total. The van der Waals surface area contributed by atoms with Crippen LogP contribution in [0, 0.1) is 0 Å². The summed E-state index contributed by atoms with van der Waals surface area (Å²) in [5.74, 6) is 0.963. The predicted molar refractivity (Wildman–Crippen MR) is 89.4 cm³/mol. The Kier molecular flexibility index (Phi) is 4.27. The van der Waals surface area contributed by atoms with Gasteiger partial charge in [0.1, 0.15) is 0 Å². The quantitative estimate of drug-likeness (QED) is 0.892. The van der Waals surface area contributed by atoms with E-state index in [1.54, 1.807) is 0 Å². The van der Waals surface area contributed by atoms with Crippen molar-refractivity contribution >= 4 is 11.9 Å². The molecule has 7 heteroatoms. The molecule has 0 aliphatic carbocycles. The minimum Gasteiger partial charge on any atom is -0.381 e. The number of benzene rings is 1. The zero-order valence-electron chi connectivity index (χ0n) is 13.4. The van der Waals surface area contributed by atoms with Gasteiger partial charge in [0, 0.05) is 31.4 Å². The van der Waals surface area contributed by atoms with E-state index in [0.29, 0.717) is 17.8 Å². The van der Waals surface area contributed by atoms with Crippen molar-refractivity contribution in [2.75, 3.05) is 25.1 Å². The molecule has 1 aromatic carbocycles. The molecule has 126 valence electrons. The van der Waals surface area contributed by atoms with Gasteiger partial charge in [0.2, 0.25) is 11.9 Å². The molecule has 1 aromatic heterocycles. The van der Waals surface area contributed by atoms with Crippen LogP contribution >= 0.6 is 0 Å². The third-order valence-corrected chi connectivity index (χ3v) is 4.79. The van der Waals surface area contributed by atoms with Crippen LogP contribution in [0.2, 0.25) is 0 Å². The van der Waals surface area contributed by atoms with Crippen molar-refractivity contribution < 1.29 is 9.53 Å². The van der Waals surface area contributed by atoms with Gasteiger partial charge < -0.3 is 4.74 Å². The lowest BCUT2D eigenvalue weighted by atomic mass is 9.95. The highest BCUT2D eigenvalue weighted by Crippen LogP contribution is 2.27. The smallest absolute Gasteiger partial charge is 0.249 e. The number of nitrogens with one attached hydrogen (secondary N) is 2. The summed E-state index contributed by atoms with van der Waals surface area (Å²) in [7, 11) is 0. The highest BCUT2D eigenvalue weighted by Gasteiger charge is 2.39. The van der Waals surface area contributed by atoms with Gasteiger partial charge in [0.05, 0.1) is 6.04 Å². The Labute approximate surface area is 140 Å². The molecule has 7 nitrogen and oxygen atoms in total. The van der Waals surface area contributed by atoms with Crippen LogP contribution in [0.5, 0.6) is 0 Å². The van der Waals surface area contributed by atoms with E-state index in [1.807, 2.05) is 30.3 Å². The molecule has 0 unspecified atom stereocenters. The molecular weight excluding hydrogens is 306 g/mol. The van der Waals surface area contributed by atoms with E-state index in [2.05, 4.69) is 25.4 Å². The van der Waals surface area contributed by atoms with Gasteiger partial charge in [-0.2, -0.15) is 4.98 Å². The lowest BCUT2D eigenvalue weighted by Gasteiger charge is -2.46. The van der Waals surface area contributed by atoms with Gasteiger partial charge in [0.25, 0.3) is 0 Å². The molecule has 2 fully saturated rings. The molecule has 1 amide bonds. The lowest BCUT2D eigenvalue weighted by Crippen LogP contribution is -2.59. The Morgan fingerprint density at radius 1 is 1.21 bits per heavy atom. The van der Waals surface area contributed by atoms with Crippen molar-refractivity contribution in [2.24, 2.45) is 0 Å². The van der Waals surface area contributed by atoms with Crippen LogP contribution in [0.4, 0.5) is 5.95 Å². The van der Waals surface area contributed by atoms with E-state index >= 15 is 0 Å². The van der Waals surface area contributed by atoms with Gasteiger partial charge in [-0.3, -0.25) is 20.1 Å². The van der Waals surface area contributed by atoms with E-state index in [9.17, 15) is 4.79 Å². The van der Waals surface area contributed by atoms with E-state index in [1.165, 1.54) is 0 Å². The van der Waals surface area contributed by atoms with Crippen LogP contribution in [-0.4, -0.2) is 57.8 Å². The number of amides is 1. The van der Waals surface area contributed by atoms with Gasteiger partial charge in [0.15, 0.2) is 5.82 Å². The number of aromatic nitrogens is 3. The number of hydrogen-bond donors (Lipinski definition) is 2. The minimum atomic E-state index is -0.0771. The van der Waals surface area contributed by atoms with Crippen LogP contribution in [0.15, 0.2) is 30.3 Å². The first-order valence-corrected chi connectivity index (χ1v) is 8.43. The first kappa shape index (κ1) is 15.3. The van der Waals surface area contributed by atoms with Crippen molar-refractivity contribution in [3.05, 3.63) is 30.3 Å². The first-order chi connectivity index (χ1) is 11.8. The number of aromatic amines is 1. The Balaban J connectivity index is 1.39. The lowest BCUT2D eigenvalue weighted by molar-refractivity contribution is -0.129. The van der Waals surface area contributed by atoms with Gasteiger partial charge in [-0.1, -0.05) is 30.3 Å². The molecule has 0 radical (unpaired) electrons. The maximum Gasteiger partial charge on any atom is 0.249 e. The number of hydrogen-bond acceptors (Lipinski definition) is 5. The summed E-state index contributed by atoms with van der Waals surface area (Å²) in [5.41, 5.74) is 0.943. The highest BCUT2D eigenvalue weighted by molar-refractivity contribution is 5.94. The summed E-state index contributed by atoms with van der Waals surface area (Å²) >= 11 is 0. The Morgan fingerprint density at radius 3 is 2.71 bits per heavy atom. The van der Waals surface area contributed by atoms with Crippen molar-refractivity contribution in [1.29, 1.82) is 0 Å². The number of likely N-dealkylation sites (tertiary alicyclic amines) is 1. The zero-order valence-corrected chi connectivity index (χ0v) is 13.4. The summed E-state index contributed by atoms with van der Waals surface area (Å²) in [6.45, 7) is 2.56. The second-order valence-corrected chi connectivity index (χ2v) is 6.25. The van der Waals surface area contributed by atoms with E-state index in [-0.39, 0.29) is 11.9 Å². The predicted octanol–water partition coefficient (Wildman–Crippen LogP) is 1.66. The van der Waals surface area contributed by atoms with Crippen molar-refractivity contribution in [3.63, 3.8) is 0 Å². The van der Waals surface area contributed by atoms with Gasteiger partial charge >= 0.3 is 0 Å². The van der Waals surface area contributed by atoms with Crippen molar-refractivity contribution in [3.8, 4) is 11.4 Å². The van der Waals surface area contributed by atoms with Gasteiger partial charge in [-0.05, 0) is 19.3 Å². The first-order valence-electron chi connectivity index (χ1n) is 8.43. The number of nitrogens with zero attached hydrogens (tertiary/aromatic N) is 3. The average molecular weight is 327 g/mol. The van der Waals surface area contributed by atoms with Gasteiger partial charge in [-0.25, -0.2) is 0 Å². The monoisotopic (exact) mass is 327 g/mol. The third-order valence-electron chi connectivity index (χ3n) is 4.79. The number of carbonyl (C=O) groups is 1. The highest BCUT2D eigenvalue weighted by atomic mass is 16.5. The Bertz CT molecular complexity index is 696. The fourth-order valence-electron chi connectivity index (χ4n) is 3.38. The fraction of sp³-hybridized carbons (Fsp3) is 0.471. The molecule has 0 bridgehead atoms. The second-order valence-electron chi connectivity index (χ2n) is 6.25. The number of anilines is 1. The van der Waals surface area contributed by atoms with Crippen LogP contribution in [0.3, 0.4) is 0 Å². The second kappa shape index (κ2) is 6.70. The SMILES string of the molecule is O=C(Nc1n[nH]c(-c2ccccc2)n1)[C@@H]1CCN1C1CCOCC1. The maximum absolute atomic E-state index is 12.5. The summed E-state index contributed by atoms with van der Waals surface area (Å²) in [6, 6.07) is 10.1. The number of rotatable bonds is 4. The molecule has 3 heterocycles. The van der Waals surface area contributed by atoms with Crippen LogP contribution < -0.4 is 5.32 Å². The number of carbonyl (C=O) groups excluding carboxylic acids is 1. The van der Waals surface area contributed by atoms with Crippen LogP contribution in [0.1, 0.15) is 19.3 Å². The Hall–Kier alpha value is -2.25. The standard InChI is InChI=1S/C17H21N5O2/c23-16(14-6-9-22(14)13-7-10-24-11-8-13)19-17-18-15(20-21-17)12-4-2-1-3-5-12/h1-5,13-14H,6-11H2,(H2,18,19,20,21,23)/t14-/m0/s1. The third kappa shape index (κ3) is 3.05. The topological polar surface area (TPSA) is 83.1 Å². The molecule has 2 aliphatic heterocycles. The Morgan fingerprint density at radius 2 is 2.00 bits per heavy atom. The molecule has 0 spiro atoms. The normalized spacial score (nSPS) is 22.1. The molecule has 2 saturated heterocycles. The molecular formula is C17H21N5O2. The molecule has 4 rings (SSSR count). The van der Waals surface area contributed by atoms with Crippen molar-refractivity contribution in [2.45, 2.75) is 31.3 Å². The number of ether oxygens (including phenoxy) is 1. The number of H-pyrrole nitrogens is 1. The summed E-state index contributed by atoms with van der Waals surface area (Å²) in [4.78, 5) is 19.2. The maximum atomic E-state index is 12.5. The zero-order chi connectivity index (χ0) is 16.4. The van der Waals surface area contributed by atoms with Gasteiger partial charge in [-0.15, -0.1) is 5.10 Å². The van der Waals surface area contributed by atoms with Crippen LogP contribution in [-0.2, 0) is 9.53 Å². The average Bonchev–Trinajstić information content (AvgIpc) is 3.04. The minimum absolute atomic E-state index is 0.0219. The summed E-state index contributed by atoms with van der Waals surface area (Å²) in [5, 5.41) is 9.81. The van der Waals surface area contributed by atoms with Crippen molar-refractivity contribution in [1.82, 2.24) is 20.1 Å². The van der Waals surface area contributed by atoms with E-state index in [4.69, 9.17) is 4.74 Å². The summed E-state index contributed by atoms with van der Waals surface area (Å²) < 4.78 is 5.40. The van der Waals surface area contributed by atoms with E-state index < -0.39 is 0 Å². The molecule has 2 aliphatic rings. The summed E-state index contributed by atoms with van der Waals surface area (Å²) in [6.07, 6.45) is 2.89. The largest absolute Gasteiger partial charge is 0.381 e. The molecule has 24 heavy (non-hydrogen) atoms. The molecule has 2 aromatic rings.